The molecule has 1 aromatic carbocycles. The van der Waals surface area contributed by atoms with Crippen molar-refractivity contribution in [2.24, 2.45) is 5.14 Å². The second-order valence-electron chi connectivity index (χ2n) is 5.15. The summed E-state index contributed by atoms with van der Waals surface area (Å²) in [6.45, 7) is 1.93. The number of sulfonamides is 1. The minimum absolute atomic E-state index is 0.0248. The van der Waals surface area contributed by atoms with Gasteiger partial charge in [0, 0.05) is 11.7 Å². The van der Waals surface area contributed by atoms with E-state index in [1.807, 2.05) is 6.92 Å². The number of amides is 1. The van der Waals surface area contributed by atoms with E-state index in [9.17, 15) is 13.2 Å². The number of hydrogen-bond acceptors (Lipinski definition) is 7. The lowest BCUT2D eigenvalue weighted by Crippen LogP contribution is -2.36. The van der Waals surface area contributed by atoms with Crippen LogP contribution >= 0.6 is 23.1 Å². The number of anilines is 1. The summed E-state index contributed by atoms with van der Waals surface area (Å²) < 4.78 is 23.6. The van der Waals surface area contributed by atoms with Gasteiger partial charge in [-0.25, -0.2) is 13.6 Å². The van der Waals surface area contributed by atoms with Gasteiger partial charge in [-0.3, -0.25) is 4.79 Å². The molecule has 1 aliphatic heterocycles. The van der Waals surface area contributed by atoms with Crippen LogP contribution in [0, 0.1) is 0 Å². The van der Waals surface area contributed by atoms with E-state index in [1.54, 1.807) is 22.5 Å². The van der Waals surface area contributed by atoms with Crippen molar-refractivity contribution >= 4 is 44.7 Å². The summed E-state index contributed by atoms with van der Waals surface area (Å²) in [6.07, 6.45) is 0.605. The molecule has 0 saturated heterocycles. The lowest BCUT2D eigenvalue weighted by molar-refractivity contribution is -0.116. The normalized spacial score (nSPS) is 17.3. The number of nitrogens with zero attached hydrogens (tertiary/aromatic N) is 3. The first-order valence-electron chi connectivity index (χ1n) is 6.73. The Morgan fingerprint density at radius 2 is 2.30 bits per heavy atom. The Kier molecular flexibility index (Phi) is 4.41. The second kappa shape index (κ2) is 6.19. The molecule has 0 spiro atoms. The van der Waals surface area contributed by atoms with Gasteiger partial charge in [0.2, 0.25) is 15.9 Å². The first-order chi connectivity index (χ1) is 10.9. The highest BCUT2D eigenvalue weighted by Gasteiger charge is 2.31. The summed E-state index contributed by atoms with van der Waals surface area (Å²) in [4.78, 5) is 14.3. The molecule has 1 unspecified atom stereocenters. The predicted molar refractivity (Wildman–Crippen MR) is 89.1 cm³/mol. The average Bonchev–Trinajstić information content (AvgIpc) is 3.09. The van der Waals surface area contributed by atoms with Gasteiger partial charge in [-0.15, -0.1) is 10.2 Å². The molecule has 0 aliphatic carbocycles. The van der Waals surface area contributed by atoms with Crippen LogP contribution in [0.2, 0.25) is 0 Å². The third-order valence-electron chi connectivity index (χ3n) is 3.52. The van der Waals surface area contributed by atoms with E-state index >= 15 is 0 Å². The van der Waals surface area contributed by atoms with Crippen LogP contribution in [0.15, 0.2) is 32.9 Å². The summed E-state index contributed by atoms with van der Waals surface area (Å²) in [5.41, 5.74) is 3.18. The topological polar surface area (TPSA) is 106 Å². The van der Waals surface area contributed by atoms with E-state index in [4.69, 9.17) is 5.14 Å². The molecule has 23 heavy (non-hydrogen) atoms. The molecule has 7 nitrogen and oxygen atoms in total. The van der Waals surface area contributed by atoms with Gasteiger partial charge >= 0.3 is 0 Å². The number of benzene rings is 1. The number of nitrogens with two attached hydrogens (primary N) is 1. The Morgan fingerprint density at radius 1 is 1.52 bits per heavy atom. The summed E-state index contributed by atoms with van der Waals surface area (Å²) in [7, 11) is -3.74. The summed E-state index contributed by atoms with van der Waals surface area (Å²) in [6, 6.07) is 4.60. The highest BCUT2D eigenvalue weighted by atomic mass is 32.2. The number of rotatable bonds is 4. The molecule has 2 aromatic rings. The molecule has 0 radical (unpaired) electrons. The van der Waals surface area contributed by atoms with Crippen molar-refractivity contribution in [3.05, 3.63) is 29.3 Å². The van der Waals surface area contributed by atoms with Gasteiger partial charge in [0.25, 0.3) is 0 Å². The summed E-state index contributed by atoms with van der Waals surface area (Å²) in [5, 5.41) is 12.8. The molecule has 0 bridgehead atoms. The van der Waals surface area contributed by atoms with Crippen LogP contribution in [0.25, 0.3) is 0 Å². The zero-order chi connectivity index (χ0) is 16.6. The smallest absolute Gasteiger partial charge is 0.238 e. The molecule has 2 heterocycles. The van der Waals surface area contributed by atoms with E-state index in [-0.39, 0.29) is 22.6 Å². The van der Waals surface area contributed by atoms with Gasteiger partial charge in [-0.05, 0) is 37.1 Å². The van der Waals surface area contributed by atoms with Crippen molar-refractivity contribution in [1.29, 1.82) is 0 Å². The maximum atomic E-state index is 12.5. The van der Waals surface area contributed by atoms with E-state index in [2.05, 4.69) is 10.2 Å². The van der Waals surface area contributed by atoms with Crippen LogP contribution < -0.4 is 10.0 Å². The molecule has 0 saturated carbocycles. The predicted octanol–water partition coefficient (Wildman–Crippen LogP) is 1.26. The Labute approximate surface area is 142 Å². The van der Waals surface area contributed by atoms with E-state index in [0.717, 1.165) is 15.6 Å². The first kappa shape index (κ1) is 16.4. The largest absolute Gasteiger partial charge is 0.308 e. The van der Waals surface area contributed by atoms with Gasteiger partial charge in [0.05, 0.1) is 10.6 Å². The first-order valence-corrected chi connectivity index (χ1v) is 10.1. The SMILES string of the molecule is CC1Cc2cc(S(N)(=O)=O)ccc2N1C(=O)CSc1nncs1. The zero-order valence-corrected chi connectivity index (χ0v) is 14.6. The fourth-order valence-electron chi connectivity index (χ4n) is 2.58. The Balaban J connectivity index is 1.81. The standard InChI is InChI=1S/C13H14N4O3S3/c1-8-4-9-5-10(23(14,19)20)2-3-11(9)17(8)12(18)6-21-13-16-15-7-22-13/h2-3,5,7-8H,4,6H2,1H3,(H2,14,19,20). The minimum Gasteiger partial charge on any atom is -0.308 e. The monoisotopic (exact) mass is 370 g/mol. The Morgan fingerprint density at radius 3 is 2.96 bits per heavy atom. The van der Waals surface area contributed by atoms with Gasteiger partial charge < -0.3 is 4.90 Å². The van der Waals surface area contributed by atoms with E-state index < -0.39 is 10.0 Å². The summed E-state index contributed by atoms with van der Waals surface area (Å²) >= 11 is 2.73. The van der Waals surface area contributed by atoms with Crippen molar-refractivity contribution in [2.75, 3.05) is 10.7 Å². The van der Waals surface area contributed by atoms with Gasteiger partial charge in [-0.1, -0.05) is 23.1 Å². The van der Waals surface area contributed by atoms with Crippen molar-refractivity contribution in [3.63, 3.8) is 0 Å². The van der Waals surface area contributed by atoms with Crippen LogP contribution in [0.5, 0.6) is 0 Å². The van der Waals surface area contributed by atoms with Crippen LogP contribution in [0.3, 0.4) is 0 Å². The fourth-order valence-corrected chi connectivity index (χ4v) is 4.50. The molecule has 10 heteroatoms. The zero-order valence-electron chi connectivity index (χ0n) is 12.2. The van der Waals surface area contributed by atoms with Gasteiger partial charge in [0.15, 0.2) is 4.34 Å². The molecule has 2 N–H and O–H groups in total. The molecule has 122 valence electrons. The molecule has 1 aromatic heterocycles. The summed E-state index contributed by atoms with van der Waals surface area (Å²) in [5.74, 6) is 0.218. The number of carbonyl (C=O) groups is 1. The Hall–Kier alpha value is -1.49. The van der Waals surface area contributed by atoms with Crippen LogP contribution in [-0.4, -0.2) is 36.3 Å². The number of carbonyl (C=O) groups excluding carboxylic acids is 1. The quantitative estimate of drug-likeness (QED) is 0.812. The highest BCUT2D eigenvalue weighted by Crippen LogP contribution is 2.34. The van der Waals surface area contributed by atoms with Gasteiger partial charge in [0.1, 0.15) is 5.51 Å². The van der Waals surface area contributed by atoms with E-state index in [1.165, 1.54) is 29.2 Å². The maximum Gasteiger partial charge on any atom is 0.238 e. The number of fused-ring (bicyclic) bond motifs is 1. The molecule has 1 aliphatic rings. The fraction of sp³-hybridized carbons (Fsp3) is 0.308. The molecule has 1 amide bonds. The number of thioether (sulfide) groups is 1. The van der Waals surface area contributed by atoms with Crippen molar-refractivity contribution in [2.45, 2.75) is 28.6 Å². The maximum absolute atomic E-state index is 12.5. The average molecular weight is 370 g/mol. The Bertz CT molecular complexity index is 836. The highest BCUT2D eigenvalue weighted by molar-refractivity contribution is 8.01. The molecule has 1 atom stereocenters. The minimum atomic E-state index is -3.74. The van der Waals surface area contributed by atoms with Crippen molar-refractivity contribution in [1.82, 2.24) is 10.2 Å². The van der Waals surface area contributed by atoms with Gasteiger partial charge in [-0.2, -0.15) is 0 Å². The lowest BCUT2D eigenvalue weighted by atomic mass is 10.1. The van der Waals surface area contributed by atoms with E-state index in [0.29, 0.717) is 6.42 Å². The molecule has 3 rings (SSSR count). The van der Waals surface area contributed by atoms with Crippen LogP contribution in [-0.2, 0) is 21.2 Å². The molecule has 0 fully saturated rings. The second-order valence-corrected chi connectivity index (χ2v) is 8.76. The van der Waals surface area contributed by atoms with Crippen LogP contribution in [0.4, 0.5) is 5.69 Å². The third-order valence-corrected chi connectivity index (χ3v) is 6.28. The number of primary sulfonamides is 1. The number of aromatic nitrogens is 2. The van der Waals surface area contributed by atoms with Crippen molar-refractivity contribution < 1.29 is 13.2 Å². The molecular formula is C13H14N4O3S3. The van der Waals surface area contributed by atoms with Crippen molar-refractivity contribution in [3.8, 4) is 0 Å². The third kappa shape index (κ3) is 3.39. The number of hydrogen-bond donors (Lipinski definition) is 1. The molecular weight excluding hydrogens is 356 g/mol. The lowest BCUT2D eigenvalue weighted by Gasteiger charge is -2.22. The van der Waals surface area contributed by atoms with Crippen LogP contribution in [0.1, 0.15) is 12.5 Å².